The number of hydrogen-bond donors (Lipinski definition) is 0. The normalized spacial score (nSPS) is 49.2. The molecule has 0 spiro atoms. The Balaban J connectivity index is 2.20. The van der Waals surface area contributed by atoms with Gasteiger partial charge in [0.1, 0.15) is 0 Å². The monoisotopic (exact) mass is 182 g/mol. The lowest BCUT2D eigenvalue weighted by Gasteiger charge is -1.64. The Morgan fingerprint density at radius 3 is 2.00 bits per heavy atom. The first-order valence-electron chi connectivity index (χ1n) is 1.95. The average Bonchev–Trinajstić information content (AvgIpc) is 1.79. The molecule has 0 unspecified atom stereocenters. The molecular weight excluding hydrogens is 175 g/mol. The highest BCUT2D eigenvalue weighted by atomic mass is 127. The standard InChI is InChI=1S/C4H7I/c1-3-2-4(3)5/h3-4H,2H2,1H3/t3-,4-/m1/s1. The number of rotatable bonds is 0. The zero-order valence-corrected chi connectivity index (χ0v) is 5.40. The van der Waals surface area contributed by atoms with E-state index in [1.165, 1.54) is 6.42 Å². The molecule has 2 atom stereocenters. The maximum Gasteiger partial charge on any atom is 0.0138 e. The van der Waals surface area contributed by atoms with Crippen LogP contribution in [0.5, 0.6) is 0 Å². The summed E-state index contributed by atoms with van der Waals surface area (Å²) in [6.45, 7) is 2.29. The van der Waals surface area contributed by atoms with Gasteiger partial charge in [-0.2, -0.15) is 0 Å². The topological polar surface area (TPSA) is 0 Å². The quantitative estimate of drug-likeness (QED) is 0.396. The molecule has 0 aromatic heterocycles. The van der Waals surface area contributed by atoms with Crippen LogP contribution in [-0.4, -0.2) is 3.92 Å². The van der Waals surface area contributed by atoms with Crippen molar-refractivity contribution in [2.45, 2.75) is 17.3 Å². The molecule has 0 heterocycles. The van der Waals surface area contributed by atoms with Crippen LogP contribution in [0.3, 0.4) is 0 Å². The van der Waals surface area contributed by atoms with E-state index in [9.17, 15) is 0 Å². The molecule has 0 aliphatic heterocycles. The fourth-order valence-electron chi connectivity index (χ4n) is 0.277. The van der Waals surface area contributed by atoms with Crippen LogP contribution in [0.4, 0.5) is 0 Å². The van der Waals surface area contributed by atoms with Gasteiger partial charge in [-0.25, -0.2) is 0 Å². The van der Waals surface area contributed by atoms with Crippen LogP contribution in [0.1, 0.15) is 13.3 Å². The molecule has 0 aromatic rings. The summed E-state index contributed by atoms with van der Waals surface area (Å²) >= 11 is 2.48. The zero-order valence-electron chi connectivity index (χ0n) is 3.24. The largest absolute Gasteiger partial charge is 0.0823 e. The van der Waals surface area contributed by atoms with Gasteiger partial charge in [0, 0.05) is 3.92 Å². The average molecular weight is 182 g/mol. The fraction of sp³-hybridized carbons (Fsp3) is 1.00. The van der Waals surface area contributed by atoms with Crippen LogP contribution in [0.15, 0.2) is 0 Å². The Kier molecular flexibility index (Phi) is 0.860. The summed E-state index contributed by atoms with van der Waals surface area (Å²) in [6, 6.07) is 0. The van der Waals surface area contributed by atoms with Crippen LogP contribution < -0.4 is 0 Å². The van der Waals surface area contributed by atoms with Gasteiger partial charge in [-0.3, -0.25) is 0 Å². The second-order valence-electron chi connectivity index (χ2n) is 1.73. The first-order chi connectivity index (χ1) is 2.30. The Bertz CT molecular complexity index is 36.9. The van der Waals surface area contributed by atoms with Gasteiger partial charge >= 0.3 is 0 Å². The highest BCUT2D eigenvalue weighted by molar-refractivity contribution is 14.1. The summed E-state index contributed by atoms with van der Waals surface area (Å²) < 4.78 is 1.02. The predicted octanol–water partition coefficient (Wildman–Crippen LogP) is 1.83. The first-order valence-corrected chi connectivity index (χ1v) is 3.19. The molecule has 0 saturated heterocycles. The third-order valence-corrected chi connectivity index (χ3v) is 2.75. The SMILES string of the molecule is C[C@@H]1C[C@H]1I. The van der Waals surface area contributed by atoms with Crippen molar-refractivity contribution in [1.82, 2.24) is 0 Å². The summed E-state index contributed by atoms with van der Waals surface area (Å²) in [5.41, 5.74) is 0. The van der Waals surface area contributed by atoms with E-state index in [4.69, 9.17) is 0 Å². The van der Waals surface area contributed by atoms with Gasteiger partial charge < -0.3 is 0 Å². The minimum Gasteiger partial charge on any atom is -0.0823 e. The molecule has 1 aliphatic rings. The summed E-state index contributed by atoms with van der Waals surface area (Å²) in [4.78, 5) is 0. The molecule has 1 aliphatic carbocycles. The smallest absolute Gasteiger partial charge is 0.0138 e. The van der Waals surface area contributed by atoms with Crippen molar-refractivity contribution < 1.29 is 0 Å². The highest BCUT2D eigenvalue weighted by Gasteiger charge is 2.28. The zero-order chi connectivity index (χ0) is 3.86. The third kappa shape index (κ3) is 0.778. The molecule has 1 rings (SSSR count). The van der Waals surface area contributed by atoms with Crippen LogP contribution in [-0.2, 0) is 0 Å². The second kappa shape index (κ2) is 1.10. The molecule has 5 heavy (non-hydrogen) atoms. The second-order valence-corrected chi connectivity index (χ2v) is 3.33. The Morgan fingerprint density at radius 2 is 2.00 bits per heavy atom. The summed E-state index contributed by atoms with van der Waals surface area (Å²) in [5, 5.41) is 0. The molecule has 0 amide bonds. The van der Waals surface area contributed by atoms with Crippen molar-refractivity contribution in [2.24, 2.45) is 5.92 Å². The summed E-state index contributed by atoms with van der Waals surface area (Å²) in [5.74, 6) is 1.04. The molecule has 30 valence electrons. The van der Waals surface area contributed by atoms with Crippen molar-refractivity contribution in [3.63, 3.8) is 0 Å². The Labute approximate surface area is 46.1 Å². The lowest BCUT2D eigenvalue weighted by molar-refractivity contribution is 0.994. The van der Waals surface area contributed by atoms with Crippen LogP contribution in [0, 0.1) is 5.92 Å². The van der Waals surface area contributed by atoms with Gasteiger partial charge in [0.25, 0.3) is 0 Å². The van der Waals surface area contributed by atoms with Gasteiger partial charge in [0.05, 0.1) is 0 Å². The van der Waals surface area contributed by atoms with Crippen molar-refractivity contribution >= 4 is 22.6 Å². The minimum atomic E-state index is 1.02. The molecule has 1 saturated carbocycles. The number of hydrogen-bond acceptors (Lipinski definition) is 0. The molecule has 0 nitrogen and oxygen atoms in total. The lowest BCUT2D eigenvalue weighted by Crippen LogP contribution is -1.59. The van der Waals surface area contributed by atoms with E-state index in [1.54, 1.807) is 0 Å². The number of halogens is 1. The van der Waals surface area contributed by atoms with E-state index >= 15 is 0 Å². The van der Waals surface area contributed by atoms with Crippen molar-refractivity contribution in [3.05, 3.63) is 0 Å². The van der Waals surface area contributed by atoms with Gasteiger partial charge in [-0.1, -0.05) is 29.5 Å². The Hall–Kier alpha value is 0.730. The molecule has 0 N–H and O–H groups in total. The van der Waals surface area contributed by atoms with E-state index in [-0.39, 0.29) is 0 Å². The van der Waals surface area contributed by atoms with Crippen molar-refractivity contribution in [3.8, 4) is 0 Å². The van der Waals surface area contributed by atoms with Crippen molar-refractivity contribution in [1.29, 1.82) is 0 Å². The van der Waals surface area contributed by atoms with Gasteiger partial charge in [-0.05, 0) is 12.3 Å². The summed E-state index contributed by atoms with van der Waals surface area (Å²) in [7, 11) is 0. The van der Waals surface area contributed by atoms with Gasteiger partial charge in [0.2, 0.25) is 0 Å². The van der Waals surface area contributed by atoms with Crippen molar-refractivity contribution in [2.75, 3.05) is 0 Å². The molecule has 1 heteroatoms. The molecule has 0 bridgehead atoms. The maximum absolute atomic E-state index is 2.48. The first kappa shape index (κ1) is 3.90. The highest BCUT2D eigenvalue weighted by Crippen LogP contribution is 2.36. The fourth-order valence-corrected chi connectivity index (χ4v) is 1.08. The van der Waals surface area contributed by atoms with Gasteiger partial charge in [-0.15, -0.1) is 0 Å². The molecule has 0 aromatic carbocycles. The van der Waals surface area contributed by atoms with Gasteiger partial charge in [0.15, 0.2) is 0 Å². The third-order valence-electron chi connectivity index (χ3n) is 1.01. The van der Waals surface area contributed by atoms with E-state index < -0.39 is 0 Å². The van der Waals surface area contributed by atoms with E-state index in [0.29, 0.717) is 0 Å². The van der Waals surface area contributed by atoms with E-state index in [2.05, 4.69) is 29.5 Å². The van der Waals surface area contributed by atoms with Crippen LogP contribution in [0.2, 0.25) is 0 Å². The molecular formula is C4H7I. The number of alkyl halides is 1. The summed E-state index contributed by atoms with van der Waals surface area (Å²) in [6.07, 6.45) is 1.46. The maximum atomic E-state index is 2.48. The minimum absolute atomic E-state index is 1.02. The van der Waals surface area contributed by atoms with E-state index in [1.807, 2.05) is 0 Å². The Morgan fingerprint density at radius 1 is 1.80 bits per heavy atom. The van der Waals surface area contributed by atoms with Crippen LogP contribution >= 0.6 is 22.6 Å². The van der Waals surface area contributed by atoms with E-state index in [0.717, 1.165) is 9.84 Å². The van der Waals surface area contributed by atoms with Crippen LogP contribution in [0.25, 0.3) is 0 Å². The lowest BCUT2D eigenvalue weighted by atomic mass is 10.5. The molecule has 1 fully saturated rings. The predicted molar refractivity (Wildman–Crippen MR) is 31.6 cm³/mol. The molecule has 0 radical (unpaired) electrons.